The fraction of sp³-hybridized carbons (Fsp3) is 0.680. The van der Waals surface area contributed by atoms with Crippen molar-refractivity contribution in [1.29, 1.82) is 5.26 Å². The van der Waals surface area contributed by atoms with Crippen LogP contribution >= 0.6 is 0 Å². The van der Waals surface area contributed by atoms with Gasteiger partial charge in [0.25, 0.3) is 0 Å². The van der Waals surface area contributed by atoms with Crippen molar-refractivity contribution in [2.75, 3.05) is 37.6 Å². The maximum atomic E-state index is 11.4. The minimum atomic E-state index is -0.599. The van der Waals surface area contributed by atoms with Crippen LogP contribution in [0.1, 0.15) is 57.1 Å². The number of rotatable bonds is 8. The number of benzene rings is 1. The largest absolute Gasteiger partial charge is 0.369 e. The smallest absolute Gasteiger partial charge is 0.235 e. The highest BCUT2D eigenvalue weighted by Gasteiger charge is 2.31. The molecule has 0 radical (unpaired) electrons. The summed E-state index contributed by atoms with van der Waals surface area (Å²) in [4.78, 5) is 16.6. The molecule has 0 spiro atoms. The number of hydrogen-bond donors (Lipinski definition) is 1. The van der Waals surface area contributed by atoms with Gasteiger partial charge in [0.1, 0.15) is 5.92 Å². The van der Waals surface area contributed by atoms with E-state index < -0.39 is 11.8 Å². The number of nitrogens with two attached hydrogens (primary N) is 1. The van der Waals surface area contributed by atoms with E-state index in [2.05, 4.69) is 47.9 Å². The molecule has 0 aromatic heterocycles. The molecule has 2 aliphatic rings. The second kappa shape index (κ2) is 10.8. The van der Waals surface area contributed by atoms with Gasteiger partial charge in [0, 0.05) is 31.9 Å². The first-order chi connectivity index (χ1) is 14.5. The Kier molecular flexibility index (Phi) is 8.16. The van der Waals surface area contributed by atoms with Crippen molar-refractivity contribution in [1.82, 2.24) is 4.90 Å². The number of piperazine rings is 1. The number of anilines is 1. The van der Waals surface area contributed by atoms with Gasteiger partial charge in [0.15, 0.2) is 0 Å². The Bertz CT molecular complexity index is 740. The van der Waals surface area contributed by atoms with Crippen LogP contribution in [0.5, 0.6) is 0 Å². The molecule has 1 heterocycles. The Balaban J connectivity index is 1.42. The van der Waals surface area contributed by atoms with Crippen LogP contribution in [0, 0.1) is 29.1 Å². The molecule has 1 unspecified atom stereocenters. The molecule has 1 aliphatic carbocycles. The third-order valence-electron chi connectivity index (χ3n) is 7.31. The Hall–Kier alpha value is -2.06. The maximum absolute atomic E-state index is 11.4. The average Bonchev–Trinajstić information content (AvgIpc) is 2.78. The summed E-state index contributed by atoms with van der Waals surface area (Å²) in [6, 6.07) is 9.11. The van der Waals surface area contributed by atoms with Gasteiger partial charge in [-0.3, -0.25) is 9.69 Å². The zero-order chi connectivity index (χ0) is 21.5. The topological polar surface area (TPSA) is 73.4 Å². The van der Waals surface area contributed by atoms with Gasteiger partial charge in [-0.05, 0) is 67.7 Å². The van der Waals surface area contributed by atoms with Crippen LogP contribution in [0.25, 0.3) is 0 Å². The molecule has 3 rings (SSSR count). The number of carbonyl (C=O) groups is 1. The normalized spacial score (nSPS) is 23.7. The van der Waals surface area contributed by atoms with Gasteiger partial charge >= 0.3 is 0 Å². The van der Waals surface area contributed by atoms with Crippen LogP contribution < -0.4 is 10.6 Å². The molecule has 164 valence electrons. The van der Waals surface area contributed by atoms with Gasteiger partial charge in [-0.2, -0.15) is 5.26 Å². The summed E-state index contributed by atoms with van der Waals surface area (Å²) >= 11 is 0. The standard InChI is InChI=1S/C25H38N4O/c1-3-19-7-10-24(21(4-2)17-19)29-15-13-28(14-16-29)12-11-20-5-8-22(9-6-20)23(18-26)25(27)30/h7,10,17,20,22-23H,3-6,8-9,11-16H2,1-2H3,(H2,27,30). The van der Waals surface area contributed by atoms with E-state index >= 15 is 0 Å². The van der Waals surface area contributed by atoms with Gasteiger partial charge in [-0.25, -0.2) is 0 Å². The summed E-state index contributed by atoms with van der Waals surface area (Å²) in [5.41, 5.74) is 9.72. The van der Waals surface area contributed by atoms with E-state index in [4.69, 9.17) is 5.73 Å². The van der Waals surface area contributed by atoms with Crippen LogP contribution in [0.4, 0.5) is 5.69 Å². The molecule has 1 aromatic carbocycles. The molecule has 2 N–H and O–H groups in total. The van der Waals surface area contributed by atoms with E-state index in [9.17, 15) is 10.1 Å². The van der Waals surface area contributed by atoms with Crippen molar-refractivity contribution in [3.63, 3.8) is 0 Å². The van der Waals surface area contributed by atoms with Crippen molar-refractivity contribution in [3.8, 4) is 6.07 Å². The first-order valence-corrected chi connectivity index (χ1v) is 11.8. The number of primary amides is 1. The Morgan fingerprint density at radius 1 is 1.13 bits per heavy atom. The van der Waals surface area contributed by atoms with Gasteiger partial charge in [-0.15, -0.1) is 0 Å². The average molecular weight is 411 g/mol. The molecule has 1 saturated carbocycles. The predicted octanol–water partition coefficient (Wildman–Crippen LogP) is 3.75. The highest BCUT2D eigenvalue weighted by atomic mass is 16.1. The Morgan fingerprint density at radius 2 is 1.83 bits per heavy atom. The Labute approximate surface area is 182 Å². The number of amides is 1. The number of nitrogens with zero attached hydrogens (tertiary/aromatic N) is 3. The van der Waals surface area contributed by atoms with Crippen LogP contribution in [-0.2, 0) is 17.6 Å². The summed E-state index contributed by atoms with van der Waals surface area (Å²) in [6.07, 6.45) is 7.60. The summed E-state index contributed by atoms with van der Waals surface area (Å²) in [5, 5.41) is 9.19. The molecule has 0 bridgehead atoms. The van der Waals surface area contributed by atoms with E-state index in [1.807, 2.05) is 0 Å². The molecule has 2 fully saturated rings. The first-order valence-electron chi connectivity index (χ1n) is 11.8. The molecule has 1 amide bonds. The van der Waals surface area contributed by atoms with Gasteiger partial charge in [0.2, 0.25) is 5.91 Å². The van der Waals surface area contributed by atoms with E-state index in [0.29, 0.717) is 0 Å². The summed E-state index contributed by atoms with van der Waals surface area (Å²) in [7, 11) is 0. The molecular weight excluding hydrogens is 372 g/mol. The van der Waals surface area contributed by atoms with Gasteiger partial charge in [-0.1, -0.05) is 38.8 Å². The summed E-state index contributed by atoms with van der Waals surface area (Å²) < 4.78 is 0. The maximum Gasteiger partial charge on any atom is 0.235 e. The van der Waals surface area contributed by atoms with E-state index in [0.717, 1.165) is 77.2 Å². The SMILES string of the molecule is CCc1ccc(N2CCN(CCC3CCC(C(C#N)C(N)=O)CC3)CC2)c(CC)c1. The summed E-state index contributed by atoms with van der Waals surface area (Å²) in [5.74, 6) is -0.160. The fourth-order valence-electron chi connectivity index (χ4n) is 5.24. The monoisotopic (exact) mass is 410 g/mol. The molecule has 30 heavy (non-hydrogen) atoms. The molecule has 5 nitrogen and oxygen atoms in total. The van der Waals surface area contributed by atoms with E-state index in [1.165, 1.54) is 23.2 Å². The molecule has 1 aliphatic heterocycles. The third-order valence-corrected chi connectivity index (χ3v) is 7.31. The van der Waals surface area contributed by atoms with Crippen molar-refractivity contribution >= 4 is 11.6 Å². The van der Waals surface area contributed by atoms with Crippen LogP contribution in [0.15, 0.2) is 18.2 Å². The second-order valence-corrected chi connectivity index (χ2v) is 9.08. The Morgan fingerprint density at radius 3 is 2.40 bits per heavy atom. The quantitative estimate of drug-likeness (QED) is 0.708. The van der Waals surface area contributed by atoms with Crippen LogP contribution in [-0.4, -0.2) is 43.5 Å². The lowest BCUT2D eigenvalue weighted by Crippen LogP contribution is -2.47. The lowest BCUT2D eigenvalue weighted by Gasteiger charge is -2.38. The molecule has 1 saturated heterocycles. The highest BCUT2D eigenvalue weighted by Crippen LogP contribution is 2.35. The van der Waals surface area contributed by atoms with Crippen molar-refractivity contribution in [2.45, 2.75) is 58.8 Å². The number of hydrogen-bond acceptors (Lipinski definition) is 4. The first kappa shape index (κ1) is 22.6. The number of aryl methyl sites for hydroxylation is 2. The lowest BCUT2D eigenvalue weighted by atomic mass is 9.75. The van der Waals surface area contributed by atoms with E-state index in [-0.39, 0.29) is 5.92 Å². The zero-order valence-electron chi connectivity index (χ0n) is 18.8. The fourth-order valence-corrected chi connectivity index (χ4v) is 5.24. The summed E-state index contributed by atoms with van der Waals surface area (Å²) in [6.45, 7) is 10.1. The van der Waals surface area contributed by atoms with Crippen LogP contribution in [0.3, 0.4) is 0 Å². The second-order valence-electron chi connectivity index (χ2n) is 9.08. The van der Waals surface area contributed by atoms with Crippen molar-refractivity contribution < 1.29 is 4.79 Å². The highest BCUT2D eigenvalue weighted by molar-refractivity contribution is 5.79. The van der Waals surface area contributed by atoms with E-state index in [1.54, 1.807) is 0 Å². The zero-order valence-corrected chi connectivity index (χ0v) is 18.8. The van der Waals surface area contributed by atoms with Gasteiger partial charge < -0.3 is 10.6 Å². The minimum Gasteiger partial charge on any atom is -0.369 e. The number of nitriles is 1. The predicted molar refractivity (Wildman–Crippen MR) is 122 cm³/mol. The minimum absolute atomic E-state index is 0.166. The van der Waals surface area contributed by atoms with Gasteiger partial charge in [0.05, 0.1) is 6.07 Å². The molecule has 5 heteroatoms. The third kappa shape index (κ3) is 5.55. The number of carbonyl (C=O) groups excluding carboxylic acids is 1. The molecule has 1 atom stereocenters. The lowest BCUT2D eigenvalue weighted by molar-refractivity contribution is -0.122. The molecule has 1 aromatic rings. The van der Waals surface area contributed by atoms with Crippen molar-refractivity contribution in [3.05, 3.63) is 29.3 Å². The van der Waals surface area contributed by atoms with Crippen LogP contribution in [0.2, 0.25) is 0 Å². The van der Waals surface area contributed by atoms with Crippen molar-refractivity contribution in [2.24, 2.45) is 23.5 Å². The molecular formula is C25H38N4O.